The van der Waals surface area contributed by atoms with Gasteiger partial charge in [0.2, 0.25) is 10.0 Å². The highest BCUT2D eigenvalue weighted by Crippen LogP contribution is 2.22. The fourth-order valence-corrected chi connectivity index (χ4v) is 3.81. The van der Waals surface area contributed by atoms with Crippen molar-refractivity contribution in [1.29, 1.82) is 0 Å². The number of methoxy groups -OCH3 is 1. The molecule has 8 heteroatoms. The predicted molar refractivity (Wildman–Crippen MR) is 93.2 cm³/mol. The van der Waals surface area contributed by atoms with Crippen LogP contribution in [0.3, 0.4) is 0 Å². The van der Waals surface area contributed by atoms with E-state index in [-0.39, 0.29) is 17.0 Å². The molecule has 2 aromatic carbocycles. The lowest BCUT2D eigenvalue weighted by Gasteiger charge is -2.10. The summed E-state index contributed by atoms with van der Waals surface area (Å²) in [6.45, 7) is 1.82. The van der Waals surface area contributed by atoms with Gasteiger partial charge in [0.05, 0.1) is 17.5 Å². The number of benzene rings is 2. The Bertz CT molecular complexity index is 1080. The van der Waals surface area contributed by atoms with Gasteiger partial charge in [-0.05, 0) is 36.2 Å². The van der Waals surface area contributed by atoms with Crippen LogP contribution in [0.2, 0.25) is 0 Å². The Morgan fingerprint density at radius 1 is 1.20 bits per heavy atom. The first-order valence-corrected chi connectivity index (χ1v) is 9.03. The molecule has 0 unspecified atom stereocenters. The van der Waals surface area contributed by atoms with Crippen molar-refractivity contribution in [2.75, 3.05) is 7.11 Å². The zero-order valence-corrected chi connectivity index (χ0v) is 14.9. The zero-order valence-electron chi connectivity index (χ0n) is 14.1. The first-order valence-electron chi connectivity index (χ1n) is 7.54. The van der Waals surface area contributed by atoms with Gasteiger partial charge in [-0.2, -0.15) is 0 Å². The first kappa shape index (κ1) is 17.2. The maximum Gasteiger partial charge on any atom is 0.419 e. The van der Waals surface area contributed by atoms with E-state index in [1.807, 2.05) is 0 Å². The van der Waals surface area contributed by atoms with E-state index in [1.165, 1.54) is 10.6 Å². The van der Waals surface area contributed by atoms with E-state index >= 15 is 0 Å². The van der Waals surface area contributed by atoms with Crippen LogP contribution in [0.15, 0.2) is 50.5 Å². The molecular weight excluding hydrogens is 344 g/mol. The fraction of sp³-hybridized carbons (Fsp3) is 0.235. The van der Waals surface area contributed by atoms with Gasteiger partial charge < -0.3 is 9.15 Å². The van der Waals surface area contributed by atoms with Crippen molar-refractivity contribution in [2.24, 2.45) is 7.05 Å². The molecule has 3 aromatic rings. The van der Waals surface area contributed by atoms with E-state index in [0.717, 1.165) is 5.56 Å². The van der Waals surface area contributed by atoms with Crippen LogP contribution in [0, 0.1) is 6.92 Å². The molecule has 0 aliphatic rings. The topological polar surface area (TPSA) is 90.5 Å². The Kier molecular flexibility index (Phi) is 4.40. The molecule has 0 amide bonds. The maximum absolute atomic E-state index is 12.6. The quantitative estimate of drug-likeness (QED) is 0.749. The predicted octanol–water partition coefficient (Wildman–Crippen LogP) is 1.93. The summed E-state index contributed by atoms with van der Waals surface area (Å²) in [5.41, 5.74) is 2.13. The molecule has 25 heavy (non-hydrogen) atoms. The molecule has 0 aliphatic carbocycles. The summed E-state index contributed by atoms with van der Waals surface area (Å²) in [6, 6.07) is 10.1. The minimum absolute atomic E-state index is 0.0860. The highest BCUT2D eigenvalue weighted by molar-refractivity contribution is 7.89. The number of hydrogen-bond acceptors (Lipinski definition) is 5. The molecule has 132 valence electrons. The van der Waals surface area contributed by atoms with Gasteiger partial charge in [0, 0.05) is 19.7 Å². The van der Waals surface area contributed by atoms with E-state index < -0.39 is 15.8 Å². The van der Waals surface area contributed by atoms with Crippen molar-refractivity contribution in [2.45, 2.75) is 18.4 Å². The Morgan fingerprint density at radius 2 is 1.88 bits per heavy atom. The number of fused-ring (bicyclic) bond motifs is 1. The standard InChI is InChI=1S/C17H18N2O5S/c1-11-8-14-15(24-17(20)19(14)2)9-16(11)25(21,22)18-10-12-4-6-13(23-3)7-5-12/h4-9,18H,10H2,1-3H3. The Hall–Kier alpha value is -2.58. The second-order valence-electron chi connectivity index (χ2n) is 5.69. The normalized spacial score (nSPS) is 11.8. The Morgan fingerprint density at radius 3 is 2.52 bits per heavy atom. The first-order chi connectivity index (χ1) is 11.8. The minimum Gasteiger partial charge on any atom is -0.497 e. The van der Waals surface area contributed by atoms with Crippen LogP contribution in [0.4, 0.5) is 0 Å². The molecule has 0 fully saturated rings. The van der Waals surface area contributed by atoms with E-state index in [2.05, 4.69) is 4.72 Å². The van der Waals surface area contributed by atoms with Gasteiger partial charge >= 0.3 is 5.76 Å². The number of aryl methyl sites for hydroxylation is 2. The second-order valence-corrected chi connectivity index (χ2v) is 7.42. The third kappa shape index (κ3) is 3.31. The SMILES string of the molecule is COc1ccc(CNS(=O)(=O)c2cc3oc(=O)n(C)c3cc2C)cc1. The van der Waals surface area contributed by atoms with Crippen LogP contribution in [0.5, 0.6) is 5.75 Å². The van der Waals surface area contributed by atoms with Gasteiger partial charge in [-0.25, -0.2) is 17.9 Å². The van der Waals surface area contributed by atoms with Gasteiger partial charge in [0.25, 0.3) is 0 Å². The van der Waals surface area contributed by atoms with E-state index in [0.29, 0.717) is 16.8 Å². The molecule has 7 nitrogen and oxygen atoms in total. The summed E-state index contributed by atoms with van der Waals surface area (Å²) in [5, 5.41) is 0. The average Bonchev–Trinajstić information content (AvgIpc) is 2.87. The number of nitrogens with one attached hydrogen (secondary N) is 1. The maximum atomic E-state index is 12.6. The molecule has 1 N–H and O–H groups in total. The largest absolute Gasteiger partial charge is 0.497 e. The van der Waals surface area contributed by atoms with Crippen LogP contribution >= 0.6 is 0 Å². The Labute approximate surface area is 144 Å². The highest BCUT2D eigenvalue weighted by Gasteiger charge is 2.20. The van der Waals surface area contributed by atoms with Crippen molar-refractivity contribution in [3.05, 3.63) is 58.1 Å². The number of nitrogens with zero attached hydrogens (tertiary/aromatic N) is 1. The molecule has 0 saturated carbocycles. The number of sulfonamides is 1. The molecule has 0 atom stereocenters. The molecule has 0 radical (unpaired) electrons. The molecule has 0 saturated heterocycles. The van der Waals surface area contributed by atoms with Crippen LogP contribution in [-0.2, 0) is 23.6 Å². The summed E-state index contributed by atoms with van der Waals surface area (Å²) in [6.07, 6.45) is 0. The number of ether oxygens (including phenoxy) is 1. The number of hydrogen-bond donors (Lipinski definition) is 1. The molecule has 0 spiro atoms. The lowest BCUT2D eigenvalue weighted by Crippen LogP contribution is -2.24. The van der Waals surface area contributed by atoms with Crippen LogP contribution in [-0.4, -0.2) is 20.1 Å². The average molecular weight is 362 g/mol. The molecule has 0 aliphatic heterocycles. The van der Waals surface area contributed by atoms with Crippen molar-refractivity contribution in [3.8, 4) is 5.75 Å². The van der Waals surface area contributed by atoms with Gasteiger partial charge in [0.1, 0.15) is 5.75 Å². The number of rotatable bonds is 5. The van der Waals surface area contributed by atoms with Crippen LogP contribution in [0.25, 0.3) is 11.1 Å². The zero-order chi connectivity index (χ0) is 18.2. The molecule has 1 aromatic heterocycles. The molecule has 0 bridgehead atoms. The van der Waals surface area contributed by atoms with Crippen molar-refractivity contribution < 1.29 is 17.6 Å². The van der Waals surface area contributed by atoms with Gasteiger partial charge in [-0.1, -0.05) is 12.1 Å². The van der Waals surface area contributed by atoms with Crippen LogP contribution in [0.1, 0.15) is 11.1 Å². The highest BCUT2D eigenvalue weighted by atomic mass is 32.2. The molecule has 1 heterocycles. The van der Waals surface area contributed by atoms with E-state index in [4.69, 9.17) is 9.15 Å². The molecule has 3 rings (SSSR count). The van der Waals surface area contributed by atoms with Crippen molar-refractivity contribution >= 4 is 21.1 Å². The summed E-state index contributed by atoms with van der Waals surface area (Å²) in [7, 11) is -0.611. The summed E-state index contributed by atoms with van der Waals surface area (Å²) < 4.78 is 39.3. The monoisotopic (exact) mass is 362 g/mol. The smallest absolute Gasteiger partial charge is 0.419 e. The van der Waals surface area contributed by atoms with Gasteiger partial charge in [0.15, 0.2) is 5.58 Å². The summed E-state index contributed by atoms with van der Waals surface area (Å²) >= 11 is 0. The lowest BCUT2D eigenvalue weighted by atomic mass is 10.2. The van der Waals surface area contributed by atoms with E-state index in [1.54, 1.807) is 51.4 Å². The van der Waals surface area contributed by atoms with Crippen LogP contribution < -0.4 is 15.2 Å². The third-order valence-corrected chi connectivity index (χ3v) is 5.55. The van der Waals surface area contributed by atoms with Gasteiger partial charge in [-0.15, -0.1) is 0 Å². The number of oxazole rings is 1. The van der Waals surface area contributed by atoms with Gasteiger partial charge in [-0.3, -0.25) is 4.57 Å². The van der Waals surface area contributed by atoms with Crippen molar-refractivity contribution in [3.63, 3.8) is 0 Å². The van der Waals surface area contributed by atoms with E-state index in [9.17, 15) is 13.2 Å². The third-order valence-electron chi connectivity index (χ3n) is 4.00. The minimum atomic E-state index is -3.75. The second kappa shape index (κ2) is 6.38. The fourth-order valence-electron chi connectivity index (χ4n) is 2.55. The summed E-state index contributed by atoms with van der Waals surface area (Å²) in [4.78, 5) is 11.7. The number of aromatic nitrogens is 1. The molecular formula is C17H18N2O5S. The Balaban J connectivity index is 1.89. The summed E-state index contributed by atoms with van der Waals surface area (Å²) in [5.74, 6) is 0.169. The lowest BCUT2D eigenvalue weighted by molar-refractivity contribution is 0.414. The van der Waals surface area contributed by atoms with Crippen molar-refractivity contribution in [1.82, 2.24) is 9.29 Å².